The average Bonchev–Trinajstić information content (AvgIpc) is 3.10. The molecular weight excluding hydrogens is 364 g/mol. The molecule has 0 aliphatic carbocycles. The third kappa shape index (κ3) is 2.24. The van der Waals surface area contributed by atoms with E-state index in [1.54, 1.807) is 0 Å². The molecule has 6 rings (SSSR count). The topological polar surface area (TPSA) is 13.1 Å². The van der Waals surface area contributed by atoms with Crippen molar-refractivity contribution in [1.29, 1.82) is 0 Å². The molecule has 0 bridgehead atoms. The minimum Gasteiger partial charge on any atom is -0.456 e. The first-order valence-electron chi connectivity index (χ1n) is 10.6. The lowest BCUT2D eigenvalue weighted by Crippen LogP contribution is -2.13. The second-order valence-corrected chi connectivity index (χ2v) is 9.44. The van der Waals surface area contributed by atoms with Crippen molar-refractivity contribution in [3.05, 3.63) is 83.9 Å². The smallest absolute Gasteiger partial charge is 0.139 e. The van der Waals surface area contributed by atoms with E-state index in [1.807, 2.05) is 0 Å². The van der Waals surface area contributed by atoms with Crippen LogP contribution in [-0.2, 0) is 5.41 Å². The van der Waals surface area contributed by atoms with E-state index in [0.29, 0.717) is 0 Å². The molecule has 0 spiro atoms. The molecule has 1 aromatic heterocycles. The third-order valence-electron chi connectivity index (χ3n) is 6.47. The first-order valence-corrected chi connectivity index (χ1v) is 10.6. The van der Waals surface area contributed by atoms with Crippen LogP contribution in [0.2, 0.25) is 0 Å². The van der Waals surface area contributed by atoms with Crippen molar-refractivity contribution in [1.82, 2.24) is 0 Å². The summed E-state index contributed by atoms with van der Waals surface area (Å²) >= 11 is 0. The van der Waals surface area contributed by atoms with Crippen molar-refractivity contribution >= 4 is 54.3 Å². The van der Waals surface area contributed by atoms with Crippen LogP contribution in [0, 0.1) is 6.92 Å². The molecule has 1 heteroatoms. The van der Waals surface area contributed by atoms with Gasteiger partial charge in [-0.15, -0.1) is 0 Å². The third-order valence-corrected chi connectivity index (χ3v) is 6.47. The van der Waals surface area contributed by atoms with E-state index >= 15 is 0 Å². The van der Waals surface area contributed by atoms with Gasteiger partial charge in [-0.3, -0.25) is 0 Å². The van der Waals surface area contributed by atoms with E-state index in [-0.39, 0.29) is 5.41 Å². The summed E-state index contributed by atoms with van der Waals surface area (Å²) in [6.07, 6.45) is 0. The van der Waals surface area contributed by atoms with Gasteiger partial charge in [-0.2, -0.15) is 0 Å². The Hall–Kier alpha value is -3.32. The quantitative estimate of drug-likeness (QED) is 0.237. The van der Waals surface area contributed by atoms with E-state index < -0.39 is 0 Å². The van der Waals surface area contributed by atoms with Gasteiger partial charge < -0.3 is 4.42 Å². The van der Waals surface area contributed by atoms with Gasteiger partial charge in [0.05, 0.1) is 0 Å². The predicted octanol–water partition coefficient (Wildman–Crippen LogP) is 8.65. The number of hydrogen-bond donors (Lipinski definition) is 0. The molecule has 146 valence electrons. The maximum absolute atomic E-state index is 6.56. The Balaban J connectivity index is 1.95. The molecule has 0 unspecified atom stereocenters. The molecule has 0 N–H and O–H groups in total. The van der Waals surface area contributed by atoms with Crippen LogP contribution in [0.5, 0.6) is 0 Å². The summed E-state index contributed by atoms with van der Waals surface area (Å²) in [7, 11) is 0. The van der Waals surface area contributed by atoms with Crippen LogP contribution in [0.15, 0.2) is 77.2 Å². The summed E-state index contributed by atoms with van der Waals surface area (Å²) in [6, 6.07) is 26.4. The lowest BCUT2D eigenvalue weighted by Gasteiger charge is -2.21. The lowest BCUT2D eigenvalue weighted by atomic mass is 9.82. The van der Waals surface area contributed by atoms with Gasteiger partial charge in [0.15, 0.2) is 0 Å². The van der Waals surface area contributed by atoms with Crippen molar-refractivity contribution < 1.29 is 4.42 Å². The Labute approximate surface area is 175 Å². The SMILES string of the molecule is Cc1ccc2c(oc3ccc4c5ccccc5c5ccccc5c4c32)c1C(C)(C)C. The lowest BCUT2D eigenvalue weighted by molar-refractivity contribution is 0.569. The molecule has 0 fully saturated rings. The zero-order valence-corrected chi connectivity index (χ0v) is 17.8. The van der Waals surface area contributed by atoms with Crippen LogP contribution in [0.1, 0.15) is 31.9 Å². The zero-order chi connectivity index (χ0) is 20.6. The molecule has 0 saturated heterocycles. The Morgan fingerprint density at radius 1 is 0.567 bits per heavy atom. The summed E-state index contributed by atoms with van der Waals surface area (Å²) in [5.74, 6) is 0. The van der Waals surface area contributed by atoms with Crippen molar-refractivity contribution in [2.24, 2.45) is 0 Å². The first kappa shape index (κ1) is 17.5. The number of benzene rings is 5. The number of fused-ring (bicyclic) bond motifs is 10. The van der Waals surface area contributed by atoms with Gasteiger partial charge in [-0.05, 0) is 57.0 Å². The maximum atomic E-state index is 6.56. The second kappa shape index (κ2) is 5.86. The van der Waals surface area contributed by atoms with Crippen LogP contribution < -0.4 is 0 Å². The summed E-state index contributed by atoms with van der Waals surface area (Å²) in [6.45, 7) is 8.99. The molecule has 1 heterocycles. The van der Waals surface area contributed by atoms with Crippen molar-refractivity contribution in [2.45, 2.75) is 33.1 Å². The Morgan fingerprint density at radius 2 is 1.10 bits per heavy atom. The van der Waals surface area contributed by atoms with Gasteiger partial charge in [0.25, 0.3) is 0 Å². The first-order chi connectivity index (χ1) is 14.4. The normalized spacial score (nSPS) is 12.7. The monoisotopic (exact) mass is 388 g/mol. The fourth-order valence-corrected chi connectivity index (χ4v) is 5.36. The van der Waals surface area contributed by atoms with E-state index in [0.717, 1.165) is 11.2 Å². The Morgan fingerprint density at radius 3 is 1.73 bits per heavy atom. The second-order valence-electron chi connectivity index (χ2n) is 9.44. The van der Waals surface area contributed by atoms with Crippen LogP contribution in [0.25, 0.3) is 54.3 Å². The van der Waals surface area contributed by atoms with Crippen molar-refractivity contribution in [2.75, 3.05) is 0 Å². The van der Waals surface area contributed by atoms with E-state index in [2.05, 4.69) is 100 Å². The fourth-order valence-electron chi connectivity index (χ4n) is 5.36. The highest BCUT2D eigenvalue weighted by molar-refractivity contribution is 6.34. The van der Waals surface area contributed by atoms with Crippen LogP contribution >= 0.6 is 0 Å². The number of furan rings is 1. The molecule has 0 radical (unpaired) electrons. The summed E-state index contributed by atoms with van der Waals surface area (Å²) in [5, 5.41) is 10.2. The Bertz CT molecular complexity index is 1590. The van der Waals surface area contributed by atoms with Crippen molar-refractivity contribution in [3.8, 4) is 0 Å². The van der Waals surface area contributed by atoms with Crippen LogP contribution in [-0.4, -0.2) is 0 Å². The molecular formula is C29H24O. The van der Waals surface area contributed by atoms with Crippen molar-refractivity contribution in [3.63, 3.8) is 0 Å². The van der Waals surface area contributed by atoms with Crippen LogP contribution in [0.3, 0.4) is 0 Å². The molecule has 30 heavy (non-hydrogen) atoms. The number of aryl methyl sites for hydroxylation is 1. The highest BCUT2D eigenvalue weighted by atomic mass is 16.3. The van der Waals surface area contributed by atoms with Gasteiger partial charge in [-0.25, -0.2) is 0 Å². The molecule has 1 nitrogen and oxygen atoms in total. The van der Waals surface area contributed by atoms with Gasteiger partial charge >= 0.3 is 0 Å². The molecule has 0 aliphatic heterocycles. The van der Waals surface area contributed by atoms with E-state index in [4.69, 9.17) is 4.42 Å². The fraction of sp³-hybridized carbons (Fsp3) is 0.172. The number of hydrogen-bond acceptors (Lipinski definition) is 1. The van der Waals surface area contributed by atoms with Gasteiger partial charge in [0, 0.05) is 21.7 Å². The van der Waals surface area contributed by atoms with E-state index in [9.17, 15) is 0 Å². The minimum atomic E-state index is 0.0159. The van der Waals surface area contributed by atoms with Gasteiger partial charge in [0.2, 0.25) is 0 Å². The molecule has 0 atom stereocenters. The molecule has 6 aromatic rings. The molecule has 0 saturated carbocycles. The summed E-state index contributed by atoms with van der Waals surface area (Å²) < 4.78 is 6.56. The maximum Gasteiger partial charge on any atom is 0.139 e. The largest absolute Gasteiger partial charge is 0.456 e. The summed E-state index contributed by atoms with van der Waals surface area (Å²) in [4.78, 5) is 0. The molecule has 5 aromatic carbocycles. The highest BCUT2D eigenvalue weighted by Crippen LogP contribution is 2.44. The molecule has 0 amide bonds. The summed E-state index contributed by atoms with van der Waals surface area (Å²) in [5.41, 5.74) is 4.60. The number of rotatable bonds is 0. The van der Waals surface area contributed by atoms with Crippen LogP contribution in [0.4, 0.5) is 0 Å². The zero-order valence-electron chi connectivity index (χ0n) is 17.8. The van der Waals surface area contributed by atoms with Gasteiger partial charge in [0.1, 0.15) is 11.2 Å². The molecule has 0 aliphatic rings. The van der Waals surface area contributed by atoms with Gasteiger partial charge in [-0.1, -0.05) is 81.4 Å². The standard InChI is InChI=1S/C29H24O/c1-17-13-14-23-26-24(30-28(23)27(17)29(2,3)4)16-15-22-20-11-6-5-9-18(20)19-10-7-8-12-21(19)25(22)26/h5-16H,1-4H3. The minimum absolute atomic E-state index is 0.0159. The average molecular weight is 389 g/mol. The predicted molar refractivity (Wildman–Crippen MR) is 130 cm³/mol. The highest BCUT2D eigenvalue weighted by Gasteiger charge is 2.24. The van der Waals surface area contributed by atoms with E-state index in [1.165, 1.54) is 54.2 Å². The Kier molecular flexibility index (Phi) is 3.42.